The molecule has 3 amide bonds. The van der Waals surface area contributed by atoms with Crippen molar-refractivity contribution in [3.63, 3.8) is 0 Å². The van der Waals surface area contributed by atoms with Crippen molar-refractivity contribution in [1.29, 1.82) is 0 Å². The first-order valence-electron chi connectivity index (χ1n) is 20.5. The topological polar surface area (TPSA) is 147 Å². The van der Waals surface area contributed by atoms with Crippen LogP contribution in [0.5, 0.6) is 0 Å². The number of urea groups is 1. The summed E-state index contributed by atoms with van der Waals surface area (Å²) in [4.78, 5) is 71.7. The molecule has 0 radical (unpaired) electrons. The zero-order valence-corrected chi connectivity index (χ0v) is 34.6. The van der Waals surface area contributed by atoms with Gasteiger partial charge < -0.3 is 15.5 Å². The van der Waals surface area contributed by atoms with Crippen molar-refractivity contribution in [3.8, 4) is 0 Å². The molecule has 0 bridgehead atoms. The maximum Gasteiger partial charge on any atom is 0.315 e. The molecule has 0 spiro atoms. The molecule has 4 fully saturated rings. The molecule has 1 heterocycles. The van der Waals surface area contributed by atoms with Gasteiger partial charge in [0.05, 0.1) is 22.1 Å². The Kier molecular flexibility index (Phi) is 13.9. The van der Waals surface area contributed by atoms with Crippen LogP contribution in [0.1, 0.15) is 158 Å². The van der Waals surface area contributed by atoms with Crippen LogP contribution in [-0.2, 0) is 29.0 Å². The van der Waals surface area contributed by atoms with Crippen LogP contribution in [0.15, 0.2) is 12.7 Å². The number of amides is 3. The standard InChI is InChI=1S/C42H69N3O7S/c1-9-11-19-32(46)35(48)29(18-10-2)26-33(47)34-30-20-25-40(6,7)31(30)27-45(34)37(49)36(41(8)21-14-12-15-22-41)43-38(50)44-42(23-16-13-17-24-42)28-53(51,52)39(3,4)5/h9,29-31,34,36H,1,10-28H2,2-8H3,(H2,43,44,50)/t29?,30-,31-,34-,36+/m0/s1. The monoisotopic (exact) mass is 759 g/mol. The zero-order valence-electron chi connectivity index (χ0n) is 33.8. The summed E-state index contributed by atoms with van der Waals surface area (Å²) in [6, 6.07) is -2.21. The van der Waals surface area contributed by atoms with Crippen LogP contribution in [0.25, 0.3) is 0 Å². The lowest BCUT2D eigenvalue weighted by atomic mass is 9.70. The van der Waals surface area contributed by atoms with Crippen LogP contribution in [0.4, 0.5) is 4.79 Å². The number of nitrogens with zero attached hydrogens (tertiary/aromatic N) is 1. The molecule has 1 unspecified atom stereocenters. The third-order valence-corrected chi connectivity index (χ3v) is 16.3. The number of rotatable bonds is 16. The average molecular weight is 760 g/mol. The predicted molar refractivity (Wildman–Crippen MR) is 209 cm³/mol. The Bertz CT molecular complexity index is 1480. The molecule has 11 heteroatoms. The highest BCUT2D eigenvalue weighted by Gasteiger charge is 2.58. The maximum atomic E-state index is 15.2. The van der Waals surface area contributed by atoms with Gasteiger partial charge in [-0.25, -0.2) is 13.2 Å². The van der Waals surface area contributed by atoms with Gasteiger partial charge in [0.1, 0.15) is 6.04 Å². The van der Waals surface area contributed by atoms with Crippen molar-refractivity contribution in [3.05, 3.63) is 12.7 Å². The molecular formula is C42H69N3O7S. The minimum atomic E-state index is -3.56. The second-order valence-electron chi connectivity index (χ2n) is 19.0. The van der Waals surface area contributed by atoms with E-state index in [0.29, 0.717) is 38.6 Å². The lowest BCUT2D eigenvalue weighted by molar-refractivity contribution is -0.144. The molecule has 10 nitrogen and oxygen atoms in total. The summed E-state index contributed by atoms with van der Waals surface area (Å²) in [5, 5.41) is 6.22. The quantitative estimate of drug-likeness (QED) is 0.124. The third-order valence-electron chi connectivity index (χ3n) is 13.5. The second-order valence-corrected chi connectivity index (χ2v) is 21.7. The van der Waals surface area contributed by atoms with Gasteiger partial charge in [0.25, 0.3) is 0 Å². The van der Waals surface area contributed by atoms with Crippen LogP contribution in [-0.4, -0.2) is 77.3 Å². The number of allylic oxidation sites excluding steroid dienone is 1. The largest absolute Gasteiger partial charge is 0.332 e. The molecule has 3 saturated carbocycles. The van der Waals surface area contributed by atoms with Crippen LogP contribution >= 0.6 is 0 Å². The van der Waals surface area contributed by atoms with E-state index in [1.807, 2.05) is 6.92 Å². The Morgan fingerprint density at radius 1 is 0.925 bits per heavy atom. The maximum absolute atomic E-state index is 15.2. The first-order chi connectivity index (χ1) is 24.7. The van der Waals surface area contributed by atoms with E-state index in [4.69, 9.17) is 0 Å². The van der Waals surface area contributed by atoms with Crippen molar-refractivity contribution >= 4 is 39.1 Å². The van der Waals surface area contributed by atoms with Gasteiger partial charge in [-0.1, -0.05) is 78.7 Å². The van der Waals surface area contributed by atoms with Gasteiger partial charge in [0.15, 0.2) is 21.4 Å². The zero-order chi connectivity index (χ0) is 39.4. The Morgan fingerprint density at radius 3 is 2.09 bits per heavy atom. The Balaban J connectivity index is 1.66. The van der Waals surface area contributed by atoms with Crippen LogP contribution in [0.2, 0.25) is 0 Å². The van der Waals surface area contributed by atoms with Crippen molar-refractivity contribution < 1.29 is 32.4 Å². The Hall–Kier alpha value is -2.56. The van der Waals surface area contributed by atoms with Crippen LogP contribution < -0.4 is 10.6 Å². The lowest BCUT2D eigenvalue weighted by Crippen LogP contribution is -2.64. The minimum absolute atomic E-state index is 0.0705. The van der Waals surface area contributed by atoms with Gasteiger partial charge in [-0.3, -0.25) is 19.2 Å². The number of carbonyl (C=O) groups excluding carboxylic acids is 5. The van der Waals surface area contributed by atoms with Gasteiger partial charge in [0.2, 0.25) is 11.7 Å². The molecular weight excluding hydrogens is 691 g/mol. The predicted octanol–water partition coefficient (Wildman–Crippen LogP) is 7.28. The minimum Gasteiger partial charge on any atom is -0.332 e. The highest BCUT2D eigenvalue weighted by atomic mass is 32.2. The van der Waals surface area contributed by atoms with Gasteiger partial charge in [0, 0.05) is 25.3 Å². The van der Waals surface area contributed by atoms with E-state index in [1.54, 1.807) is 31.7 Å². The summed E-state index contributed by atoms with van der Waals surface area (Å²) in [6.45, 7) is 17.5. The Morgan fingerprint density at radius 2 is 1.53 bits per heavy atom. The molecule has 4 aliphatic rings. The fourth-order valence-corrected chi connectivity index (χ4v) is 11.5. The molecule has 3 aliphatic carbocycles. The molecule has 300 valence electrons. The lowest BCUT2D eigenvalue weighted by Gasteiger charge is -2.44. The van der Waals surface area contributed by atoms with E-state index in [1.165, 1.54) is 0 Å². The molecule has 0 aromatic heterocycles. The number of fused-ring (bicyclic) bond motifs is 1. The average Bonchev–Trinajstić information content (AvgIpc) is 3.62. The summed E-state index contributed by atoms with van der Waals surface area (Å²) in [5.74, 6) is -2.36. The number of likely N-dealkylation sites (tertiary alicyclic amines) is 1. The van der Waals surface area contributed by atoms with Crippen LogP contribution in [0.3, 0.4) is 0 Å². The summed E-state index contributed by atoms with van der Waals surface area (Å²) in [6.07, 6.45) is 12.7. The number of ketones is 3. The van der Waals surface area contributed by atoms with Gasteiger partial charge in [-0.15, -0.1) is 6.58 Å². The molecule has 2 N–H and O–H groups in total. The highest BCUT2D eigenvalue weighted by Crippen LogP contribution is 2.54. The molecule has 53 heavy (non-hydrogen) atoms. The van der Waals surface area contributed by atoms with Crippen molar-refractivity contribution in [2.24, 2.45) is 28.6 Å². The number of carbonyl (C=O) groups is 5. The van der Waals surface area contributed by atoms with E-state index in [-0.39, 0.29) is 47.5 Å². The molecule has 5 atom stereocenters. The summed E-state index contributed by atoms with van der Waals surface area (Å²) in [7, 11) is -3.56. The summed E-state index contributed by atoms with van der Waals surface area (Å²) < 4.78 is 26.0. The smallest absolute Gasteiger partial charge is 0.315 e. The molecule has 0 aromatic carbocycles. The van der Waals surface area contributed by atoms with Gasteiger partial charge >= 0.3 is 6.03 Å². The number of nitrogens with one attached hydrogen (secondary N) is 2. The molecule has 1 aliphatic heterocycles. The normalized spacial score (nSPS) is 26.2. The van der Waals surface area contributed by atoms with E-state index in [2.05, 4.69) is 38.0 Å². The fourth-order valence-electron chi connectivity index (χ4n) is 9.95. The number of Topliss-reactive ketones (excluding diaryl/α,β-unsaturated/α-hetero) is 3. The number of hydrogen-bond acceptors (Lipinski definition) is 7. The van der Waals surface area contributed by atoms with Gasteiger partial charge in [-0.2, -0.15) is 0 Å². The summed E-state index contributed by atoms with van der Waals surface area (Å²) >= 11 is 0. The van der Waals surface area contributed by atoms with E-state index in [0.717, 1.165) is 64.2 Å². The van der Waals surface area contributed by atoms with Crippen molar-refractivity contribution in [1.82, 2.24) is 15.5 Å². The third kappa shape index (κ3) is 9.82. The Labute approximate surface area is 319 Å². The summed E-state index contributed by atoms with van der Waals surface area (Å²) in [5.41, 5.74) is -1.60. The first kappa shape index (κ1) is 43.2. The number of sulfone groups is 1. The fraction of sp³-hybridized carbons (Fsp3) is 0.833. The highest BCUT2D eigenvalue weighted by molar-refractivity contribution is 7.92. The van der Waals surface area contributed by atoms with Crippen molar-refractivity contribution in [2.45, 2.75) is 180 Å². The van der Waals surface area contributed by atoms with E-state index in [9.17, 15) is 27.6 Å². The molecule has 4 rings (SSSR count). The van der Waals surface area contributed by atoms with E-state index >= 15 is 4.79 Å². The molecule has 1 saturated heterocycles. The second kappa shape index (κ2) is 17.1. The van der Waals surface area contributed by atoms with E-state index < -0.39 is 61.1 Å². The van der Waals surface area contributed by atoms with Crippen molar-refractivity contribution in [2.75, 3.05) is 12.3 Å². The first-order valence-corrected chi connectivity index (χ1v) is 22.2. The number of hydrogen-bond donors (Lipinski definition) is 2. The SMILES string of the molecule is C=CCCC(=O)C(=O)C(CCC)CC(=O)[C@@H]1[C@H]2CCC(C)(C)[C@H]2CN1C(=O)[C@@H](NC(=O)NC1(CS(=O)(=O)C(C)(C)C)CCCCC1)C1(C)CCCCC1. The van der Waals surface area contributed by atoms with Gasteiger partial charge in [-0.05, 0) is 94.8 Å². The molecule has 0 aromatic rings. The van der Waals surface area contributed by atoms with Crippen LogP contribution in [0, 0.1) is 28.6 Å².